The van der Waals surface area contributed by atoms with E-state index in [9.17, 15) is 9.18 Å². The molecule has 1 unspecified atom stereocenters. The van der Waals surface area contributed by atoms with Gasteiger partial charge in [0.15, 0.2) is 5.67 Å². The van der Waals surface area contributed by atoms with Crippen molar-refractivity contribution in [3.05, 3.63) is 24.5 Å². The van der Waals surface area contributed by atoms with Crippen LogP contribution in [0.5, 0.6) is 5.75 Å². The summed E-state index contributed by atoms with van der Waals surface area (Å²) >= 11 is 1.85. The number of carbonyl (C=O) groups excluding carboxylic acids is 1. The molecule has 1 aliphatic carbocycles. The molecule has 4 nitrogen and oxygen atoms in total. The molecule has 1 aromatic rings. The molecule has 3 fully saturated rings. The van der Waals surface area contributed by atoms with E-state index in [0.717, 1.165) is 24.3 Å². The molecule has 2 aliphatic heterocycles. The third-order valence-corrected chi connectivity index (χ3v) is 6.46. The van der Waals surface area contributed by atoms with Gasteiger partial charge < -0.3 is 9.64 Å². The first kappa shape index (κ1) is 14.3. The number of alkyl halides is 1. The zero-order valence-corrected chi connectivity index (χ0v) is 13.2. The molecule has 4 rings (SSSR count). The zero-order valence-electron chi connectivity index (χ0n) is 12.3. The van der Waals surface area contributed by atoms with Gasteiger partial charge in [-0.3, -0.25) is 9.78 Å². The summed E-state index contributed by atoms with van der Waals surface area (Å²) in [5.41, 5.74) is -1.56. The fraction of sp³-hybridized carbons (Fsp3) is 0.625. The van der Waals surface area contributed by atoms with Crippen molar-refractivity contribution in [1.29, 1.82) is 0 Å². The maximum Gasteiger partial charge on any atom is 0.260 e. The molecule has 0 N–H and O–H groups in total. The van der Waals surface area contributed by atoms with Gasteiger partial charge in [-0.15, -0.1) is 11.8 Å². The molecule has 0 bridgehead atoms. The number of carbonyl (C=O) groups is 1. The van der Waals surface area contributed by atoms with Crippen LogP contribution in [0.25, 0.3) is 0 Å². The van der Waals surface area contributed by atoms with E-state index >= 15 is 0 Å². The van der Waals surface area contributed by atoms with E-state index in [1.807, 2.05) is 23.9 Å². The number of hydrogen-bond acceptors (Lipinski definition) is 4. The largest absolute Gasteiger partial charge is 0.488 e. The van der Waals surface area contributed by atoms with Gasteiger partial charge in [0.1, 0.15) is 11.9 Å². The van der Waals surface area contributed by atoms with Crippen LogP contribution in [0.2, 0.25) is 0 Å². The molecule has 0 radical (unpaired) electrons. The maximum atomic E-state index is 14.2. The van der Waals surface area contributed by atoms with Crippen LogP contribution in [0.3, 0.4) is 0 Å². The lowest BCUT2D eigenvalue weighted by Crippen LogP contribution is -2.65. The average Bonchev–Trinajstić information content (AvgIpc) is 2.88. The third-order valence-electron chi connectivity index (χ3n) is 4.89. The summed E-state index contributed by atoms with van der Waals surface area (Å²) in [5.74, 6) is 1.41. The lowest BCUT2D eigenvalue weighted by Gasteiger charge is -2.50. The van der Waals surface area contributed by atoms with Crippen LogP contribution in [0.4, 0.5) is 4.39 Å². The molecule has 3 aliphatic rings. The lowest BCUT2D eigenvalue weighted by atomic mass is 9.79. The van der Waals surface area contributed by atoms with Crippen molar-refractivity contribution < 1.29 is 13.9 Å². The van der Waals surface area contributed by atoms with Crippen LogP contribution in [0.15, 0.2) is 24.5 Å². The molecular weight excluding hydrogens is 303 g/mol. The van der Waals surface area contributed by atoms with Crippen LogP contribution in [0, 0.1) is 0 Å². The van der Waals surface area contributed by atoms with Gasteiger partial charge in [-0.05, 0) is 31.4 Å². The normalized spacial score (nSPS) is 28.0. The van der Waals surface area contributed by atoms with Crippen LogP contribution in [-0.2, 0) is 4.79 Å². The third kappa shape index (κ3) is 2.37. The number of rotatable bonds is 3. The quantitative estimate of drug-likeness (QED) is 0.857. The van der Waals surface area contributed by atoms with Crippen molar-refractivity contribution in [3.63, 3.8) is 0 Å². The summed E-state index contributed by atoms with van der Waals surface area (Å²) in [7, 11) is 0. The van der Waals surface area contributed by atoms with Gasteiger partial charge in [0, 0.05) is 31.5 Å². The summed E-state index contributed by atoms with van der Waals surface area (Å²) in [4.78, 5) is 17.9. The van der Waals surface area contributed by atoms with Gasteiger partial charge in [0.05, 0.1) is 10.9 Å². The van der Waals surface area contributed by atoms with Gasteiger partial charge in [-0.2, -0.15) is 0 Å². The van der Waals surface area contributed by atoms with Crippen LogP contribution >= 0.6 is 11.8 Å². The second-order valence-electron chi connectivity index (χ2n) is 6.61. The molecule has 22 heavy (non-hydrogen) atoms. The van der Waals surface area contributed by atoms with Crippen molar-refractivity contribution >= 4 is 17.7 Å². The topological polar surface area (TPSA) is 42.4 Å². The first-order valence-corrected chi connectivity index (χ1v) is 8.76. The Morgan fingerprint density at radius 1 is 1.45 bits per heavy atom. The van der Waals surface area contributed by atoms with Crippen molar-refractivity contribution in [3.8, 4) is 5.75 Å². The summed E-state index contributed by atoms with van der Waals surface area (Å²) in [5, 5.41) is 0. The monoisotopic (exact) mass is 322 g/mol. The van der Waals surface area contributed by atoms with E-state index in [0.29, 0.717) is 25.9 Å². The minimum atomic E-state index is -1.56. The number of aromatic nitrogens is 1. The summed E-state index contributed by atoms with van der Waals surface area (Å²) in [6, 6.07) is 3.76. The van der Waals surface area contributed by atoms with E-state index in [4.69, 9.17) is 4.74 Å². The molecular formula is C16H19FN2O2S. The highest BCUT2D eigenvalue weighted by molar-refractivity contribution is 8.01. The van der Waals surface area contributed by atoms with Gasteiger partial charge in [-0.1, -0.05) is 0 Å². The zero-order chi connectivity index (χ0) is 15.2. The van der Waals surface area contributed by atoms with Crippen molar-refractivity contribution in [2.75, 3.05) is 18.8 Å². The number of amides is 1. The Labute approximate surface area is 133 Å². The number of nitrogens with zero attached hydrogens (tertiary/aromatic N) is 2. The fourth-order valence-electron chi connectivity index (χ4n) is 3.49. The Bertz CT molecular complexity index is 573. The highest BCUT2D eigenvalue weighted by Crippen LogP contribution is 2.48. The van der Waals surface area contributed by atoms with Crippen molar-refractivity contribution in [2.24, 2.45) is 0 Å². The first-order valence-electron chi connectivity index (χ1n) is 7.78. The Morgan fingerprint density at radius 2 is 2.27 bits per heavy atom. The predicted molar refractivity (Wildman–Crippen MR) is 82.7 cm³/mol. The Kier molecular flexibility index (Phi) is 3.33. The molecule has 1 spiro atoms. The molecule has 118 valence electrons. The molecule has 1 amide bonds. The number of halogens is 1. The second-order valence-corrected chi connectivity index (χ2v) is 8.09. The molecule has 0 aromatic carbocycles. The maximum absolute atomic E-state index is 14.2. The summed E-state index contributed by atoms with van der Waals surface area (Å²) < 4.78 is 20.2. The molecule has 1 aromatic heterocycles. The van der Waals surface area contributed by atoms with Gasteiger partial charge in [0.25, 0.3) is 5.91 Å². The Hall–Kier alpha value is -1.30. The highest BCUT2D eigenvalue weighted by Gasteiger charge is 2.56. The summed E-state index contributed by atoms with van der Waals surface area (Å²) in [6.07, 6.45) is 6.13. The minimum Gasteiger partial charge on any atom is -0.488 e. The van der Waals surface area contributed by atoms with Crippen LogP contribution in [0.1, 0.15) is 25.7 Å². The van der Waals surface area contributed by atoms with E-state index in [1.165, 1.54) is 0 Å². The van der Waals surface area contributed by atoms with E-state index in [1.54, 1.807) is 17.3 Å². The fourth-order valence-corrected chi connectivity index (χ4v) is 5.01. The SMILES string of the molecule is O=C(N1CC2(CC(Oc3cccnc3)CS2)C1)C1(F)CCC1. The molecule has 2 saturated heterocycles. The molecule has 6 heteroatoms. The molecule has 3 heterocycles. The van der Waals surface area contributed by atoms with Crippen molar-refractivity contribution in [2.45, 2.75) is 42.2 Å². The van der Waals surface area contributed by atoms with Gasteiger partial charge in [0.2, 0.25) is 0 Å². The number of pyridine rings is 1. The minimum absolute atomic E-state index is 0.0721. The molecule has 1 atom stereocenters. The average molecular weight is 322 g/mol. The predicted octanol–water partition coefficient (Wildman–Crippen LogP) is 2.44. The number of likely N-dealkylation sites (tertiary alicyclic amines) is 1. The number of hydrogen-bond donors (Lipinski definition) is 0. The standard InChI is InChI=1S/C16H19FN2O2S/c17-16(4-2-5-16)14(20)19-10-15(11-19)7-13(9-22-15)21-12-3-1-6-18-8-12/h1,3,6,8,13H,2,4-5,7,9-11H2. The Morgan fingerprint density at radius 3 is 2.91 bits per heavy atom. The highest BCUT2D eigenvalue weighted by atomic mass is 32.2. The van der Waals surface area contributed by atoms with Gasteiger partial charge >= 0.3 is 0 Å². The number of ether oxygens (including phenoxy) is 1. The van der Waals surface area contributed by atoms with E-state index in [2.05, 4.69) is 4.98 Å². The smallest absolute Gasteiger partial charge is 0.260 e. The van der Waals surface area contributed by atoms with E-state index in [-0.39, 0.29) is 16.8 Å². The van der Waals surface area contributed by atoms with Crippen molar-refractivity contribution in [1.82, 2.24) is 9.88 Å². The van der Waals surface area contributed by atoms with Crippen LogP contribution < -0.4 is 4.74 Å². The summed E-state index contributed by atoms with van der Waals surface area (Å²) in [6.45, 7) is 1.32. The lowest BCUT2D eigenvalue weighted by molar-refractivity contribution is -0.155. The van der Waals surface area contributed by atoms with Crippen LogP contribution in [-0.4, -0.2) is 51.2 Å². The molecule has 1 saturated carbocycles. The Balaban J connectivity index is 1.32. The van der Waals surface area contributed by atoms with Gasteiger partial charge in [-0.25, -0.2) is 4.39 Å². The number of thioether (sulfide) groups is 1. The van der Waals surface area contributed by atoms with E-state index < -0.39 is 5.67 Å². The second kappa shape index (κ2) is 5.11. The first-order chi connectivity index (χ1) is 10.6.